The van der Waals surface area contributed by atoms with Gasteiger partial charge in [0, 0.05) is 41.9 Å². The number of halogens is 1. The number of hydrogen-bond acceptors (Lipinski definition) is 5. The summed E-state index contributed by atoms with van der Waals surface area (Å²) in [7, 11) is 0. The molecule has 0 fully saturated rings. The van der Waals surface area contributed by atoms with E-state index < -0.39 is 0 Å². The molecule has 0 saturated carbocycles. The molecule has 1 amide bonds. The van der Waals surface area contributed by atoms with Crippen LogP contribution in [-0.4, -0.2) is 43.6 Å². The molecule has 2 aromatic carbocycles. The van der Waals surface area contributed by atoms with Crippen molar-refractivity contribution in [1.82, 2.24) is 24.6 Å². The van der Waals surface area contributed by atoms with Gasteiger partial charge in [0.25, 0.3) is 0 Å². The molecule has 0 bridgehead atoms. The molecule has 1 aliphatic heterocycles. The molecule has 6 nitrogen and oxygen atoms in total. The number of amides is 1. The van der Waals surface area contributed by atoms with Crippen molar-refractivity contribution in [2.45, 2.75) is 33.2 Å². The number of fused-ring (bicyclic) bond motifs is 1. The summed E-state index contributed by atoms with van der Waals surface area (Å²) in [5, 5.41) is 5.74. The number of hydrogen-bond donors (Lipinski definition) is 0. The molecule has 0 aliphatic carbocycles. The Hall–Kier alpha value is -3.39. The molecule has 2 aromatic heterocycles. The predicted octanol–water partition coefficient (Wildman–Crippen LogP) is 4.45. The minimum atomic E-state index is -0.273. The number of carbonyl (C=O) groups is 1. The average Bonchev–Trinajstić information content (AvgIpc) is 3.33. The smallest absolute Gasteiger partial charge is 0.244 e. The first kappa shape index (κ1) is 21.5. The number of aryl methyl sites for hydroxylation is 2. The summed E-state index contributed by atoms with van der Waals surface area (Å²) in [5.41, 5.74) is 3.23. The van der Waals surface area contributed by atoms with Gasteiger partial charge in [-0.3, -0.25) is 4.79 Å². The normalized spacial score (nSPS) is 13.6. The fourth-order valence-corrected chi connectivity index (χ4v) is 5.10. The first-order valence-electron chi connectivity index (χ1n) is 11.0. The largest absolute Gasteiger partial charge is 0.340 e. The van der Waals surface area contributed by atoms with Crippen LogP contribution in [0.5, 0.6) is 0 Å². The van der Waals surface area contributed by atoms with Crippen molar-refractivity contribution in [2.75, 3.05) is 13.1 Å². The second-order valence-corrected chi connectivity index (χ2v) is 9.52. The lowest BCUT2D eigenvalue weighted by Crippen LogP contribution is -2.36. The van der Waals surface area contributed by atoms with E-state index in [4.69, 9.17) is 4.98 Å². The number of aromatic nitrogens is 4. The summed E-state index contributed by atoms with van der Waals surface area (Å²) in [5.74, 6) is 0.811. The summed E-state index contributed by atoms with van der Waals surface area (Å²) in [6, 6.07) is 14.5. The van der Waals surface area contributed by atoms with Crippen molar-refractivity contribution < 1.29 is 9.18 Å². The molecule has 0 radical (unpaired) electrons. The third-order valence-electron chi connectivity index (χ3n) is 5.87. The van der Waals surface area contributed by atoms with E-state index in [2.05, 4.69) is 10.1 Å². The summed E-state index contributed by atoms with van der Waals surface area (Å²) < 4.78 is 15.5. The van der Waals surface area contributed by atoms with Crippen molar-refractivity contribution in [1.29, 1.82) is 0 Å². The Balaban J connectivity index is 1.43. The molecule has 1 aliphatic rings. The maximum absolute atomic E-state index is 13.9. The van der Waals surface area contributed by atoms with E-state index in [9.17, 15) is 9.18 Å². The standard InChI is InChI=1S/C25H24FN5OS/c1-16-14-19(8-9-20(16)26)25-28-24(18-6-4-3-5-7-18)29-31(25)15-23(32)30-12-10-21-22(11-13-30)33-17(2)27-21/h3-9,14H,10-13,15H2,1-2H3. The second-order valence-electron chi connectivity index (χ2n) is 8.23. The average molecular weight is 462 g/mol. The quantitative estimate of drug-likeness (QED) is 0.450. The SMILES string of the molecule is Cc1nc2c(s1)CCN(C(=O)Cn1nc(-c3ccccc3)nc1-c1ccc(F)c(C)c1)CC2. The first-order valence-corrected chi connectivity index (χ1v) is 11.8. The van der Waals surface area contributed by atoms with Crippen LogP contribution in [0.3, 0.4) is 0 Å². The van der Waals surface area contributed by atoms with Gasteiger partial charge in [-0.15, -0.1) is 16.4 Å². The van der Waals surface area contributed by atoms with E-state index in [1.54, 1.807) is 35.1 Å². The molecule has 0 N–H and O–H groups in total. The van der Waals surface area contributed by atoms with E-state index in [1.165, 1.54) is 10.9 Å². The molecular weight excluding hydrogens is 437 g/mol. The van der Waals surface area contributed by atoms with Crippen LogP contribution in [0.1, 0.15) is 21.1 Å². The number of rotatable bonds is 4. The van der Waals surface area contributed by atoms with Crippen molar-refractivity contribution in [3.05, 3.63) is 75.5 Å². The lowest BCUT2D eigenvalue weighted by atomic mass is 10.1. The maximum Gasteiger partial charge on any atom is 0.244 e. The van der Waals surface area contributed by atoms with E-state index in [0.717, 1.165) is 34.7 Å². The zero-order valence-electron chi connectivity index (χ0n) is 18.6. The van der Waals surface area contributed by atoms with Gasteiger partial charge in [0.15, 0.2) is 11.6 Å². The van der Waals surface area contributed by atoms with Crippen LogP contribution >= 0.6 is 11.3 Å². The van der Waals surface area contributed by atoms with Gasteiger partial charge in [-0.2, -0.15) is 0 Å². The van der Waals surface area contributed by atoms with Gasteiger partial charge in [-0.05, 0) is 37.6 Å². The van der Waals surface area contributed by atoms with Crippen LogP contribution in [0.15, 0.2) is 48.5 Å². The molecule has 168 valence electrons. The third kappa shape index (κ3) is 4.43. The van der Waals surface area contributed by atoms with Gasteiger partial charge in [0.2, 0.25) is 5.91 Å². The molecule has 0 atom stereocenters. The van der Waals surface area contributed by atoms with E-state index in [-0.39, 0.29) is 18.3 Å². The number of thiazole rings is 1. The molecule has 4 aromatic rings. The molecule has 8 heteroatoms. The van der Waals surface area contributed by atoms with Crippen LogP contribution in [0.25, 0.3) is 22.8 Å². The van der Waals surface area contributed by atoms with Crippen LogP contribution in [-0.2, 0) is 24.2 Å². The number of nitrogens with zero attached hydrogens (tertiary/aromatic N) is 5. The zero-order chi connectivity index (χ0) is 22.9. The van der Waals surface area contributed by atoms with Gasteiger partial charge in [0.05, 0.1) is 10.7 Å². The minimum absolute atomic E-state index is 0.00790. The molecule has 0 saturated heterocycles. The Morgan fingerprint density at radius 1 is 1.03 bits per heavy atom. The van der Waals surface area contributed by atoms with Crippen LogP contribution < -0.4 is 0 Å². The van der Waals surface area contributed by atoms with Gasteiger partial charge in [-0.25, -0.2) is 19.0 Å². The molecule has 0 unspecified atom stereocenters. The van der Waals surface area contributed by atoms with Crippen LogP contribution in [0, 0.1) is 19.7 Å². The zero-order valence-corrected chi connectivity index (χ0v) is 19.4. The Bertz CT molecular complexity index is 1290. The second kappa shape index (κ2) is 8.86. The van der Waals surface area contributed by atoms with Gasteiger partial charge < -0.3 is 4.90 Å². The van der Waals surface area contributed by atoms with Crippen molar-refractivity contribution in [3.8, 4) is 22.8 Å². The van der Waals surface area contributed by atoms with Crippen molar-refractivity contribution >= 4 is 17.2 Å². The summed E-state index contributed by atoms with van der Waals surface area (Å²) in [6.45, 7) is 5.12. The lowest BCUT2D eigenvalue weighted by Gasteiger charge is -2.20. The fraction of sp³-hybridized carbons (Fsp3) is 0.280. The molecule has 3 heterocycles. The Morgan fingerprint density at radius 3 is 2.61 bits per heavy atom. The minimum Gasteiger partial charge on any atom is -0.340 e. The highest BCUT2D eigenvalue weighted by atomic mass is 32.1. The van der Waals surface area contributed by atoms with Crippen molar-refractivity contribution in [3.63, 3.8) is 0 Å². The van der Waals surface area contributed by atoms with Gasteiger partial charge >= 0.3 is 0 Å². The Morgan fingerprint density at radius 2 is 1.82 bits per heavy atom. The van der Waals surface area contributed by atoms with Crippen molar-refractivity contribution in [2.24, 2.45) is 0 Å². The van der Waals surface area contributed by atoms with Gasteiger partial charge in [0.1, 0.15) is 12.4 Å². The third-order valence-corrected chi connectivity index (χ3v) is 6.94. The maximum atomic E-state index is 13.9. The summed E-state index contributed by atoms with van der Waals surface area (Å²) >= 11 is 1.72. The molecular formula is C25H24FN5OS. The highest BCUT2D eigenvalue weighted by Gasteiger charge is 2.23. The van der Waals surface area contributed by atoms with E-state index in [0.29, 0.717) is 30.3 Å². The molecule has 0 spiro atoms. The Labute approximate surface area is 195 Å². The topological polar surface area (TPSA) is 63.9 Å². The van der Waals surface area contributed by atoms with Crippen LogP contribution in [0.2, 0.25) is 0 Å². The molecule has 33 heavy (non-hydrogen) atoms. The van der Waals surface area contributed by atoms with E-state index >= 15 is 0 Å². The number of carbonyl (C=O) groups excluding carboxylic acids is 1. The number of benzene rings is 2. The van der Waals surface area contributed by atoms with Crippen LogP contribution in [0.4, 0.5) is 4.39 Å². The summed E-state index contributed by atoms with van der Waals surface area (Å²) in [4.78, 5) is 25.8. The van der Waals surface area contributed by atoms with Gasteiger partial charge in [-0.1, -0.05) is 30.3 Å². The highest BCUT2D eigenvalue weighted by molar-refractivity contribution is 7.11. The lowest BCUT2D eigenvalue weighted by molar-refractivity contribution is -0.131. The fourth-order valence-electron chi connectivity index (χ4n) is 4.13. The monoisotopic (exact) mass is 461 g/mol. The molecule has 5 rings (SSSR count). The first-order chi connectivity index (χ1) is 16.0. The van der Waals surface area contributed by atoms with E-state index in [1.807, 2.05) is 42.2 Å². The highest BCUT2D eigenvalue weighted by Crippen LogP contribution is 2.25. The summed E-state index contributed by atoms with van der Waals surface area (Å²) in [6.07, 6.45) is 1.59. The predicted molar refractivity (Wildman–Crippen MR) is 126 cm³/mol. The Kier molecular flexibility index (Phi) is 5.76.